The molecule has 0 aliphatic carbocycles. The molecule has 2 aromatic carbocycles. The van der Waals surface area contributed by atoms with E-state index in [1.165, 1.54) is 17.3 Å². The second-order valence-electron chi connectivity index (χ2n) is 4.75. The fourth-order valence-electron chi connectivity index (χ4n) is 2.08. The first-order valence-electron chi connectivity index (χ1n) is 6.48. The SMILES string of the molecule is CC(C(=O)Nc1ccc2cc(Br)ccc2c1)n1cncn1. The zero-order valence-corrected chi connectivity index (χ0v) is 12.9. The summed E-state index contributed by atoms with van der Waals surface area (Å²) in [6.07, 6.45) is 2.94. The molecule has 0 saturated carbocycles. The van der Waals surface area contributed by atoms with E-state index >= 15 is 0 Å². The summed E-state index contributed by atoms with van der Waals surface area (Å²) >= 11 is 3.45. The lowest BCUT2D eigenvalue weighted by molar-refractivity contribution is -0.119. The third-order valence-corrected chi connectivity index (χ3v) is 3.78. The molecule has 0 aliphatic rings. The number of hydrogen-bond acceptors (Lipinski definition) is 3. The number of carbonyl (C=O) groups is 1. The molecule has 1 heterocycles. The Morgan fingerprint density at radius 2 is 2.00 bits per heavy atom. The number of aromatic nitrogens is 3. The number of carbonyl (C=O) groups excluding carboxylic acids is 1. The van der Waals surface area contributed by atoms with E-state index in [2.05, 4.69) is 31.3 Å². The Morgan fingerprint density at radius 3 is 2.76 bits per heavy atom. The van der Waals surface area contributed by atoms with Crippen LogP contribution in [0.1, 0.15) is 13.0 Å². The molecular formula is C15H13BrN4O. The standard InChI is InChI=1S/C15H13BrN4O/c1-10(20-9-17-8-18-20)15(21)19-14-5-3-11-6-13(16)4-2-12(11)7-14/h2-10H,1H3,(H,19,21). The Balaban J connectivity index is 1.81. The summed E-state index contributed by atoms with van der Waals surface area (Å²) in [5.74, 6) is -0.128. The number of hydrogen-bond donors (Lipinski definition) is 1. The van der Waals surface area contributed by atoms with Crippen molar-refractivity contribution in [3.8, 4) is 0 Å². The van der Waals surface area contributed by atoms with Gasteiger partial charge < -0.3 is 5.32 Å². The van der Waals surface area contributed by atoms with Gasteiger partial charge in [0, 0.05) is 10.2 Å². The summed E-state index contributed by atoms with van der Waals surface area (Å²) in [5.41, 5.74) is 0.766. The molecule has 6 heteroatoms. The molecule has 1 unspecified atom stereocenters. The van der Waals surface area contributed by atoms with Gasteiger partial charge in [-0.15, -0.1) is 0 Å². The van der Waals surface area contributed by atoms with Crippen LogP contribution in [0.4, 0.5) is 5.69 Å². The fourth-order valence-corrected chi connectivity index (χ4v) is 2.46. The van der Waals surface area contributed by atoms with Crippen LogP contribution in [0.2, 0.25) is 0 Å². The Labute approximate surface area is 130 Å². The predicted molar refractivity (Wildman–Crippen MR) is 85.0 cm³/mol. The van der Waals surface area contributed by atoms with Crippen LogP contribution < -0.4 is 5.32 Å². The van der Waals surface area contributed by atoms with Crippen molar-refractivity contribution in [3.63, 3.8) is 0 Å². The quantitative estimate of drug-likeness (QED) is 0.792. The zero-order valence-electron chi connectivity index (χ0n) is 11.3. The monoisotopic (exact) mass is 344 g/mol. The number of nitrogens with zero attached hydrogens (tertiary/aromatic N) is 3. The maximum atomic E-state index is 12.2. The van der Waals surface area contributed by atoms with E-state index in [0.717, 1.165) is 20.9 Å². The van der Waals surface area contributed by atoms with Gasteiger partial charge in [-0.05, 0) is 42.0 Å². The summed E-state index contributed by atoms with van der Waals surface area (Å²) in [5, 5.41) is 9.07. The molecular weight excluding hydrogens is 332 g/mol. The Hall–Kier alpha value is -2.21. The van der Waals surface area contributed by atoms with Gasteiger partial charge in [0.15, 0.2) is 0 Å². The first-order chi connectivity index (χ1) is 10.1. The van der Waals surface area contributed by atoms with E-state index in [1.54, 1.807) is 6.92 Å². The van der Waals surface area contributed by atoms with Crippen molar-refractivity contribution in [1.29, 1.82) is 0 Å². The van der Waals surface area contributed by atoms with E-state index in [4.69, 9.17) is 0 Å². The van der Waals surface area contributed by atoms with Gasteiger partial charge in [-0.2, -0.15) is 5.10 Å². The highest BCUT2D eigenvalue weighted by atomic mass is 79.9. The maximum Gasteiger partial charge on any atom is 0.249 e. The Bertz CT molecular complexity index is 785. The third kappa shape index (κ3) is 2.95. The molecule has 5 nitrogen and oxygen atoms in total. The van der Waals surface area contributed by atoms with Crippen LogP contribution in [0.3, 0.4) is 0 Å². The molecule has 0 aliphatic heterocycles. The van der Waals surface area contributed by atoms with Crippen molar-refractivity contribution < 1.29 is 4.79 Å². The number of anilines is 1. The van der Waals surface area contributed by atoms with Crippen LogP contribution in [0, 0.1) is 0 Å². The van der Waals surface area contributed by atoms with Crippen LogP contribution >= 0.6 is 15.9 Å². The molecule has 0 saturated heterocycles. The van der Waals surface area contributed by atoms with Crippen LogP contribution in [0.15, 0.2) is 53.5 Å². The minimum absolute atomic E-state index is 0.128. The van der Waals surface area contributed by atoms with Crippen LogP contribution in [0.25, 0.3) is 10.8 Å². The molecule has 0 fully saturated rings. The molecule has 106 valence electrons. The lowest BCUT2D eigenvalue weighted by Gasteiger charge is -2.12. The van der Waals surface area contributed by atoms with Gasteiger partial charge in [-0.3, -0.25) is 4.79 Å². The molecule has 1 aromatic heterocycles. The first-order valence-corrected chi connectivity index (χ1v) is 7.27. The second-order valence-corrected chi connectivity index (χ2v) is 5.66. The largest absolute Gasteiger partial charge is 0.324 e. The van der Waals surface area contributed by atoms with Crippen molar-refractivity contribution >= 4 is 38.3 Å². The maximum absolute atomic E-state index is 12.2. The van der Waals surface area contributed by atoms with Crippen LogP contribution in [-0.2, 0) is 4.79 Å². The molecule has 0 radical (unpaired) electrons. The van der Waals surface area contributed by atoms with Crippen LogP contribution in [-0.4, -0.2) is 20.7 Å². The number of fused-ring (bicyclic) bond motifs is 1. The van der Waals surface area contributed by atoms with E-state index in [0.29, 0.717) is 0 Å². The molecule has 1 amide bonds. The number of halogens is 1. The van der Waals surface area contributed by atoms with Gasteiger partial charge in [-0.1, -0.05) is 28.1 Å². The highest BCUT2D eigenvalue weighted by Crippen LogP contribution is 2.23. The van der Waals surface area contributed by atoms with Gasteiger partial charge in [0.05, 0.1) is 0 Å². The van der Waals surface area contributed by atoms with E-state index < -0.39 is 6.04 Å². The highest BCUT2D eigenvalue weighted by Gasteiger charge is 2.15. The first kappa shape index (κ1) is 13.8. The summed E-state index contributed by atoms with van der Waals surface area (Å²) in [6, 6.07) is 11.4. The van der Waals surface area contributed by atoms with Gasteiger partial charge in [-0.25, -0.2) is 9.67 Å². The third-order valence-electron chi connectivity index (χ3n) is 3.28. The number of nitrogens with one attached hydrogen (secondary N) is 1. The zero-order chi connectivity index (χ0) is 14.8. The molecule has 1 atom stereocenters. The molecule has 21 heavy (non-hydrogen) atoms. The van der Waals surface area contributed by atoms with Crippen LogP contribution in [0.5, 0.6) is 0 Å². The summed E-state index contributed by atoms with van der Waals surface area (Å²) in [6.45, 7) is 1.78. The number of rotatable bonds is 3. The molecule has 0 spiro atoms. The van der Waals surface area contributed by atoms with E-state index in [9.17, 15) is 4.79 Å². The number of benzene rings is 2. The topological polar surface area (TPSA) is 59.8 Å². The predicted octanol–water partition coefficient (Wildman–Crippen LogP) is 3.39. The van der Waals surface area contributed by atoms with Crippen molar-refractivity contribution in [3.05, 3.63) is 53.5 Å². The molecule has 0 bridgehead atoms. The number of amides is 1. The van der Waals surface area contributed by atoms with Gasteiger partial charge in [0.25, 0.3) is 0 Å². The average molecular weight is 345 g/mol. The Kier molecular flexibility index (Phi) is 3.70. The lowest BCUT2D eigenvalue weighted by atomic mass is 10.1. The van der Waals surface area contributed by atoms with Crippen molar-refractivity contribution in [2.75, 3.05) is 5.32 Å². The minimum atomic E-state index is -0.409. The van der Waals surface area contributed by atoms with Crippen molar-refractivity contribution in [2.24, 2.45) is 0 Å². The van der Waals surface area contributed by atoms with Gasteiger partial charge in [0.2, 0.25) is 5.91 Å². The smallest absolute Gasteiger partial charge is 0.249 e. The summed E-state index contributed by atoms with van der Waals surface area (Å²) < 4.78 is 2.56. The lowest BCUT2D eigenvalue weighted by Crippen LogP contribution is -2.23. The highest BCUT2D eigenvalue weighted by molar-refractivity contribution is 9.10. The summed E-state index contributed by atoms with van der Waals surface area (Å²) in [7, 11) is 0. The Morgan fingerprint density at radius 1 is 1.24 bits per heavy atom. The van der Waals surface area contributed by atoms with Crippen molar-refractivity contribution in [2.45, 2.75) is 13.0 Å². The summed E-state index contributed by atoms with van der Waals surface area (Å²) in [4.78, 5) is 16.0. The fraction of sp³-hybridized carbons (Fsp3) is 0.133. The van der Waals surface area contributed by atoms with E-state index in [1.807, 2.05) is 36.4 Å². The molecule has 1 N–H and O–H groups in total. The van der Waals surface area contributed by atoms with Gasteiger partial charge in [0.1, 0.15) is 18.7 Å². The minimum Gasteiger partial charge on any atom is -0.324 e. The van der Waals surface area contributed by atoms with E-state index in [-0.39, 0.29) is 5.91 Å². The van der Waals surface area contributed by atoms with Crippen molar-refractivity contribution in [1.82, 2.24) is 14.8 Å². The average Bonchev–Trinajstić information content (AvgIpc) is 3.00. The second kappa shape index (κ2) is 5.65. The normalized spacial score (nSPS) is 12.3. The molecule has 3 aromatic rings. The molecule has 3 rings (SSSR count). The van der Waals surface area contributed by atoms with Gasteiger partial charge >= 0.3 is 0 Å².